The third-order valence-corrected chi connectivity index (χ3v) is 1.91. The van der Waals surface area contributed by atoms with Gasteiger partial charge in [0, 0.05) is 6.04 Å². The minimum Gasteiger partial charge on any atom is -0.450 e. The molecule has 1 amide bonds. The van der Waals surface area contributed by atoms with E-state index in [-0.39, 0.29) is 17.6 Å². The first-order chi connectivity index (χ1) is 5.38. The molecule has 3 heteroatoms. The van der Waals surface area contributed by atoms with Crippen LogP contribution in [0.5, 0.6) is 0 Å². The van der Waals surface area contributed by atoms with Crippen LogP contribution < -0.4 is 5.32 Å². The van der Waals surface area contributed by atoms with Crippen molar-refractivity contribution in [3.63, 3.8) is 0 Å². The van der Waals surface area contributed by atoms with Gasteiger partial charge in [-0.15, -0.1) is 0 Å². The van der Waals surface area contributed by atoms with Crippen molar-refractivity contribution >= 4 is 6.09 Å². The molecule has 72 valence electrons. The summed E-state index contributed by atoms with van der Waals surface area (Å²) in [4.78, 5) is 11.0. The van der Waals surface area contributed by atoms with Crippen LogP contribution in [-0.2, 0) is 4.74 Å². The molecule has 0 aliphatic carbocycles. The molecule has 1 N–H and O–H groups in total. The predicted molar refractivity (Wildman–Crippen MR) is 49.1 cm³/mol. The number of carbonyl (C=O) groups excluding carboxylic acids is 1. The Morgan fingerprint density at radius 3 is 2.33 bits per heavy atom. The van der Waals surface area contributed by atoms with Gasteiger partial charge in [0.1, 0.15) is 0 Å². The van der Waals surface area contributed by atoms with Crippen molar-refractivity contribution in [2.24, 2.45) is 5.41 Å². The van der Waals surface area contributed by atoms with Gasteiger partial charge >= 0.3 is 6.09 Å². The Labute approximate surface area is 74.5 Å². The van der Waals surface area contributed by atoms with E-state index in [1.54, 1.807) is 6.92 Å². The van der Waals surface area contributed by atoms with Crippen LogP contribution in [0.4, 0.5) is 4.79 Å². The van der Waals surface area contributed by atoms with Gasteiger partial charge in [-0.25, -0.2) is 4.79 Å². The summed E-state index contributed by atoms with van der Waals surface area (Å²) < 4.78 is 4.76. The largest absolute Gasteiger partial charge is 0.450 e. The molecule has 0 aliphatic rings. The summed E-state index contributed by atoms with van der Waals surface area (Å²) in [6.45, 7) is 10.4. The highest BCUT2D eigenvalue weighted by Gasteiger charge is 2.21. The van der Waals surface area contributed by atoms with Crippen LogP contribution in [0.25, 0.3) is 0 Å². The van der Waals surface area contributed by atoms with Gasteiger partial charge in [0.2, 0.25) is 0 Å². The number of rotatable bonds is 2. The maximum atomic E-state index is 11.0. The first-order valence-corrected chi connectivity index (χ1v) is 4.31. The van der Waals surface area contributed by atoms with Crippen LogP contribution in [0.2, 0.25) is 0 Å². The van der Waals surface area contributed by atoms with Crippen LogP contribution >= 0.6 is 0 Å². The number of nitrogens with one attached hydrogen (secondary N) is 1. The lowest BCUT2D eigenvalue weighted by molar-refractivity contribution is 0.139. The van der Waals surface area contributed by atoms with E-state index in [1.165, 1.54) is 0 Å². The van der Waals surface area contributed by atoms with Crippen molar-refractivity contribution in [1.82, 2.24) is 5.32 Å². The lowest BCUT2D eigenvalue weighted by atomic mass is 9.88. The van der Waals surface area contributed by atoms with Crippen molar-refractivity contribution in [1.29, 1.82) is 0 Å². The van der Waals surface area contributed by atoms with Gasteiger partial charge < -0.3 is 10.1 Å². The van der Waals surface area contributed by atoms with Crippen LogP contribution in [0.15, 0.2) is 0 Å². The van der Waals surface area contributed by atoms with Gasteiger partial charge in [-0.1, -0.05) is 20.8 Å². The Hall–Kier alpha value is -0.730. The second kappa shape index (κ2) is 4.33. The van der Waals surface area contributed by atoms with E-state index in [2.05, 4.69) is 26.1 Å². The van der Waals surface area contributed by atoms with E-state index < -0.39 is 0 Å². The topological polar surface area (TPSA) is 38.3 Å². The highest BCUT2D eigenvalue weighted by atomic mass is 16.5. The normalized spacial score (nSPS) is 13.8. The summed E-state index contributed by atoms with van der Waals surface area (Å²) in [5, 5.41) is 2.76. The Morgan fingerprint density at radius 1 is 1.50 bits per heavy atom. The van der Waals surface area contributed by atoms with Crippen molar-refractivity contribution in [3.8, 4) is 0 Å². The first-order valence-electron chi connectivity index (χ1n) is 4.31. The molecule has 0 aromatic rings. The van der Waals surface area contributed by atoms with Crippen molar-refractivity contribution < 1.29 is 9.53 Å². The third kappa shape index (κ3) is 4.21. The van der Waals surface area contributed by atoms with E-state index in [1.807, 2.05) is 6.92 Å². The average Bonchev–Trinajstić information content (AvgIpc) is 1.85. The number of hydrogen-bond acceptors (Lipinski definition) is 2. The van der Waals surface area contributed by atoms with Gasteiger partial charge in [-0.3, -0.25) is 0 Å². The molecule has 1 unspecified atom stereocenters. The van der Waals surface area contributed by atoms with Gasteiger partial charge in [-0.05, 0) is 19.3 Å². The number of ether oxygens (including phenoxy) is 1. The van der Waals surface area contributed by atoms with Crippen molar-refractivity contribution in [3.05, 3.63) is 0 Å². The summed E-state index contributed by atoms with van der Waals surface area (Å²) in [5.74, 6) is 0. The summed E-state index contributed by atoms with van der Waals surface area (Å²) in [7, 11) is 0. The highest BCUT2D eigenvalue weighted by molar-refractivity contribution is 5.67. The fourth-order valence-electron chi connectivity index (χ4n) is 0.566. The molecule has 0 radical (unpaired) electrons. The zero-order valence-electron chi connectivity index (χ0n) is 8.60. The van der Waals surface area contributed by atoms with Crippen LogP contribution in [0.3, 0.4) is 0 Å². The summed E-state index contributed by atoms with van der Waals surface area (Å²) >= 11 is 0. The lowest BCUT2D eigenvalue weighted by Gasteiger charge is -2.27. The van der Waals surface area contributed by atoms with Gasteiger partial charge in [0.25, 0.3) is 0 Å². The molecular weight excluding hydrogens is 154 g/mol. The highest BCUT2D eigenvalue weighted by Crippen LogP contribution is 2.18. The zero-order chi connectivity index (χ0) is 9.78. The quantitative estimate of drug-likeness (QED) is 0.695. The molecule has 0 saturated carbocycles. The molecule has 1 atom stereocenters. The SMILES string of the molecule is CCOC(=O)NC(C)C(C)(C)C. The second-order valence-electron chi connectivity index (χ2n) is 3.95. The maximum absolute atomic E-state index is 11.0. The maximum Gasteiger partial charge on any atom is 0.407 e. The standard InChI is InChI=1S/C9H19NO2/c1-6-12-8(11)10-7(2)9(3,4)5/h7H,6H2,1-5H3,(H,10,11). The van der Waals surface area contributed by atoms with E-state index >= 15 is 0 Å². The molecule has 0 bridgehead atoms. The monoisotopic (exact) mass is 173 g/mol. The van der Waals surface area contributed by atoms with Crippen LogP contribution in [-0.4, -0.2) is 18.7 Å². The first kappa shape index (κ1) is 11.3. The molecule has 0 heterocycles. The molecule has 0 fully saturated rings. The number of amides is 1. The Balaban J connectivity index is 3.84. The number of alkyl carbamates (subject to hydrolysis) is 1. The van der Waals surface area contributed by atoms with Gasteiger partial charge in [0.05, 0.1) is 6.61 Å². The van der Waals surface area contributed by atoms with Crippen molar-refractivity contribution in [2.45, 2.75) is 40.7 Å². The van der Waals surface area contributed by atoms with E-state index in [9.17, 15) is 4.79 Å². The fourth-order valence-corrected chi connectivity index (χ4v) is 0.566. The van der Waals surface area contributed by atoms with Crippen LogP contribution in [0, 0.1) is 5.41 Å². The Morgan fingerprint density at radius 2 is 2.00 bits per heavy atom. The number of hydrogen-bond donors (Lipinski definition) is 1. The molecule has 12 heavy (non-hydrogen) atoms. The summed E-state index contributed by atoms with van der Waals surface area (Å²) in [6, 6.07) is 0.122. The molecule has 0 aliphatic heterocycles. The number of carbonyl (C=O) groups is 1. The molecule has 0 saturated heterocycles. The smallest absolute Gasteiger partial charge is 0.407 e. The van der Waals surface area contributed by atoms with Crippen molar-refractivity contribution in [2.75, 3.05) is 6.61 Å². The molecule has 0 aromatic carbocycles. The van der Waals surface area contributed by atoms with Crippen LogP contribution in [0.1, 0.15) is 34.6 Å². The fraction of sp³-hybridized carbons (Fsp3) is 0.889. The molecular formula is C9H19NO2. The summed E-state index contributed by atoms with van der Waals surface area (Å²) in [6.07, 6.45) is -0.333. The third-order valence-electron chi connectivity index (χ3n) is 1.91. The van der Waals surface area contributed by atoms with E-state index in [0.29, 0.717) is 6.61 Å². The van der Waals surface area contributed by atoms with E-state index in [0.717, 1.165) is 0 Å². The average molecular weight is 173 g/mol. The second-order valence-corrected chi connectivity index (χ2v) is 3.95. The molecule has 0 spiro atoms. The Kier molecular flexibility index (Phi) is 4.07. The predicted octanol–water partition coefficient (Wildman–Crippen LogP) is 2.17. The van der Waals surface area contributed by atoms with Gasteiger partial charge in [0.15, 0.2) is 0 Å². The lowest BCUT2D eigenvalue weighted by Crippen LogP contribution is -2.41. The summed E-state index contributed by atoms with van der Waals surface area (Å²) in [5.41, 5.74) is 0.0762. The molecule has 0 rings (SSSR count). The van der Waals surface area contributed by atoms with E-state index in [4.69, 9.17) is 4.74 Å². The zero-order valence-corrected chi connectivity index (χ0v) is 8.60. The minimum absolute atomic E-state index is 0.0762. The minimum atomic E-state index is -0.333. The Bertz CT molecular complexity index is 149. The van der Waals surface area contributed by atoms with Gasteiger partial charge in [-0.2, -0.15) is 0 Å². The molecule has 0 aromatic heterocycles. The molecule has 3 nitrogen and oxygen atoms in total.